The van der Waals surface area contributed by atoms with Crippen molar-refractivity contribution in [3.8, 4) is 0 Å². The summed E-state index contributed by atoms with van der Waals surface area (Å²) < 4.78 is 5.44. The van der Waals surface area contributed by atoms with Crippen molar-refractivity contribution in [2.45, 2.75) is 44.2 Å². The van der Waals surface area contributed by atoms with Crippen molar-refractivity contribution in [1.82, 2.24) is 10.2 Å². The first-order valence-electron chi connectivity index (χ1n) is 6.37. The van der Waals surface area contributed by atoms with Crippen LogP contribution in [0.4, 0.5) is 0 Å². The molecule has 3 heteroatoms. The molecule has 0 aromatic heterocycles. The van der Waals surface area contributed by atoms with Gasteiger partial charge in [0, 0.05) is 19.7 Å². The largest absolute Gasteiger partial charge is 0.380 e. The summed E-state index contributed by atoms with van der Waals surface area (Å²) in [6.45, 7) is 4.89. The van der Waals surface area contributed by atoms with Crippen molar-refractivity contribution in [3.05, 3.63) is 0 Å². The van der Waals surface area contributed by atoms with Gasteiger partial charge in [0.25, 0.3) is 0 Å². The third-order valence-electron chi connectivity index (χ3n) is 3.75. The first-order valence-corrected chi connectivity index (χ1v) is 6.37. The van der Waals surface area contributed by atoms with Crippen molar-refractivity contribution in [2.24, 2.45) is 0 Å². The number of hydrogen-bond donors (Lipinski definition) is 1. The number of likely N-dealkylation sites (tertiary alicyclic amines) is 1. The van der Waals surface area contributed by atoms with Crippen LogP contribution in [0.2, 0.25) is 0 Å². The van der Waals surface area contributed by atoms with Crippen LogP contribution in [-0.2, 0) is 4.74 Å². The molecule has 2 saturated heterocycles. The Hall–Kier alpha value is -0.120. The number of rotatable bonds is 4. The maximum absolute atomic E-state index is 5.44. The predicted molar refractivity (Wildman–Crippen MR) is 62.1 cm³/mol. The van der Waals surface area contributed by atoms with E-state index in [9.17, 15) is 0 Å². The van der Waals surface area contributed by atoms with Crippen molar-refractivity contribution in [1.29, 1.82) is 0 Å². The first kappa shape index (κ1) is 11.4. The Morgan fingerprint density at radius 1 is 1.33 bits per heavy atom. The van der Waals surface area contributed by atoms with Crippen LogP contribution < -0.4 is 5.32 Å². The molecule has 15 heavy (non-hydrogen) atoms. The number of piperidine rings is 1. The first-order chi connectivity index (χ1) is 7.38. The molecule has 2 unspecified atom stereocenters. The van der Waals surface area contributed by atoms with E-state index in [2.05, 4.69) is 10.2 Å². The van der Waals surface area contributed by atoms with Crippen LogP contribution in [-0.4, -0.2) is 50.3 Å². The van der Waals surface area contributed by atoms with E-state index in [0.29, 0.717) is 6.10 Å². The molecule has 0 aromatic carbocycles. The normalized spacial score (nSPS) is 33.4. The highest BCUT2D eigenvalue weighted by Crippen LogP contribution is 2.15. The van der Waals surface area contributed by atoms with E-state index in [1.165, 1.54) is 51.7 Å². The second-order valence-corrected chi connectivity index (χ2v) is 4.88. The quantitative estimate of drug-likeness (QED) is 0.759. The molecule has 0 saturated carbocycles. The third-order valence-corrected chi connectivity index (χ3v) is 3.75. The summed E-state index contributed by atoms with van der Waals surface area (Å²) in [6, 6.07) is 0.785. The standard InChI is InChI=1S/C12H24N2O/c1-15-12-5-3-8-14(10-12)9-6-11-4-2-7-13-11/h11-13H,2-10H2,1H3. The molecule has 2 heterocycles. The summed E-state index contributed by atoms with van der Waals surface area (Å²) in [5.74, 6) is 0. The molecule has 2 rings (SSSR count). The SMILES string of the molecule is COC1CCCN(CCC2CCCN2)C1. The van der Waals surface area contributed by atoms with Crippen molar-refractivity contribution >= 4 is 0 Å². The molecule has 88 valence electrons. The van der Waals surface area contributed by atoms with Gasteiger partial charge in [0.15, 0.2) is 0 Å². The second kappa shape index (κ2) is 5.83. The van der Waals surface area contributed by atoms with Crippen molar-refractivity contribution in [3.63, 3.8) is 0 Å². The van der Waals surface area contributed by atoms with E-state index < -0.39 is 0 Å². The molecular weight excluding hydrogens is 188 g/mol. The molecule has 0 amide bonds. The summed E-state index contributed by atoms with van der Waals surface area (Å²) in [4.78, 5) is 2.57. The summed E-state index contributed by atoms with van der Waals surface area (Å²) in [7, 11) is 1.84. The highest BCUT2D eigenvalue weighted by atomic mass is 16.5. The minimum absolute atomic E-state index is 0.482. The molecule has 0 bridgehead atoms. The van der Waals surface area contributed by atoms with Gasteiger partial charge < -0.3 is 15.0 Å². The maximum atomic E-state index is 5.44. The van der Waals surface area contributed by atoms with Gasteiger partial charge in [-0.15, -0.1) is 0 Å². The molecule has 0 aliphatic carbocycles. The smallest absolute Gasteiger partial charge is 0.0698 e. The number of nitrogens with zero attached hydrogens (tertiary/aromatic N) is 1. The van der Waals surface area contributed by atoms with Crippen molar-refractivity contribution in [2.75, 3.05) is 33.3 Å². The predicted octanol–water partition coefficient (Wildman–Crippen LogP) is 1.24. The van der Waals surface area contributed by atoms with Gasteiger partial charge in [-0.25, -0.2) is 0 Å². The van der Waals surface area contributed by atoms with Crippen molar-refractivity contribution < 1.29 is 4.74 Å². The van der Waals surface area contributed by atoms with E-state index in [1.807, 2.05) is 7.11 Å². The number of ether oxygens (including phenoxy) is 1. The van der Waals surface area contributed by atoms with E-state index in [4.69, 9.17) is 4.74 Å². The summed E-state index contributed by atoms with van der Waals surface area (Å²) in [5.41, 5.74) is 0. The maximum Gasteiger partial charge on any atom is 0.0698 e. The van der Waals surface area contributed by atoms with Gasteiger partial charge in [0.1, 0.15) is 0 Å². The zero-order chi connectivity index (χ0) is 10.5. The summed E-state index contributed by atoms with van der Waals surface area (Å²) >= 11 is 0. The highest BCUT2D eigenvalue weighted by molar-refractivity contribution is 4.78. The van der Waals surface area contributed by atoms with E-state index in [-0.39, 0.29) is 0 Å². The van der Waals surface area contributed by atoms with Crippen LogP contribution in [0, 0.1) is 0 Å². The average molecular weight is 212 g/mol. The lowest BCUT2D eigenvalue weighted by molar-refractivity contribution is 0.0303. The number of nitrogens with one attached hydrogen (secondary N) is 1. The topological polar surface area (TPSA) is 24.5 Å². The molecule has 1 N–H and O–H groups in total. The minimum Gasteiger partial charge on any atom is -0.380 e. The Bertz CT molecular complexity index is 180. The molecule has 0 spiro atoms. The Morgan fingerprint density at radius 3 is 3.00 bits per heavy atom. The Morgan fingerprint density at radius 2 is 2.27 bits per heavy atom. The molecule has 2 aliphatic heterocycles. The van der Waals surface area contributed by atoms with E-state index >= 15 is 0 Å². The van der Waals surface area contributed by atoms with E-state index in [0.717, 1.165) is 12.6 Å². The Balaban J connectivity index is 1.65. The fraction of sp³-hybridized carbons (Fsp3) is 1.00. The molecule has 3 nitrogen and oxygen atoms in total. The Kier molecular flexibility index (Phi) is 4.42. The lowest BCUT2D eigenvalue weighted by atomic mass is 10.1. The Labute approximate surface area is 93.2 Å². The summed E-state index contributed by atoms with van der Waals surface area (Å²) in [6.07, 6.45) is 7.09. The van der Waals surface area contributed by atoms with Gasteiger partial charge in [0.2, 0.25) is 0 Å². The molecule has 2 atom stereocenters. The van der Waals surface area contributed by atoms with Gasteiger partial charge in [-0.3, -0.25) is 0 Å². The van der Waals surface area contributed by atoms with Crippen LogP contribution >= 0.6 is 0 Å². The van der Waals surface area contributed by atoms with Crippen LogP contribution in [0.3, 0.4) is 0 Å². The van der Waals surface area contributed by atoms with Gasteiger partial charge in [-0.05, 0) is 51.7 Å². The van der Waals surface area contributed by atoms with E-state index in [1.54, 1.807) is 0 Å². The molecule has 0 aromatic rings. The lowest BCUT2D eigenvalue weighted by Gasteiger charge is -2.32. The van der Waals surface area contributed by atoms with Crippen LogP contribution in [0.15, 0.2) is 0 Å². The second-order valence-electron chi connectivity index (χ2n) is 4.88. The fourth-order valence-corrected chi connectivity index (χ4v) is 2.75. The highest BCUT2D eigenvalue weighted by Gasteiger charge is 2.21. The minimum atomic E-state index is 0.482. The van der Waals surface area contributed by atoms with Gasteiger partial charge in [-0.1, -0.05) is 0 Å². The molecule has 0 radical (unpaired) electrons. The van der Waals surface area contributed by atoms with Crippen LogP contribution in [0.1, 0.15) is 32.1 Å². The molecular formula is C12H24N2O. The van der Waals surface area contributed by atoms with Gasteiger partial charge in [-0.2, -0.15) is 0 Å². The molecule has 2 fully saturated rings. The number of hydrogen-bond acceptors (Lipinski definition) is 3. The van der Waals surface area contributed by atoms with Gasteiger partial charge in [0.05, 0.1) is 6.10 Å². The van der Waals surface area contributed by atoms with Crippen LogP contribution in [0.25, 0.3) is 0 Å². The lowest BCUT2D eigenvalue weighted by Crippen LogP contribution is -2.41. The zero-order valence-electron chi connectivity index (χ0n) is 9.87. The zero-order valence-corrected chi connectivity index (χ0v) is 9.87. The average Bonchev–Trinajstić information content (AvgIpc) is 2.79. The summed E-state index contributed by atoms with van der Waals surface area (Å²) in [5, 5.41) is 3.56. The third kappa shape index (κ3) is 3.44. The fourth-order valence-electron chi connectivity index (χ4n) is 2.75. The van der Waals surface area contributed by atoms with Gasteiger partial charge >= 0.3 is 0 Å². The van der Waals surface area contributed by atoms with Crippen LogP contribution in [0.5, 0.6) is 0 Å². The number of methoxy groups -OCH3 is 1. The monoisotopic (exact) mass is 212 g/mol. The molecule has 2 aliphatic rings.